The van der Waals surface area contributed by atoms with Crippen molar-refractivity contribution in [2.45, 2.75) is 38.1 Å². The lowest BCUT2D eigenvalue weighted by Crippen LogP contribution is -2.58. The first-order valence-corrected chi connectivity index (χ1v) is 10.8. The van der Waals surface area contributed by atoms with Crippen LogP contribution >= 0.6 is 11.3 Å². The van der Waals surface area contributed by atoms with Crippen molar-refractivity contribution in [2.75, 3.05) is 25.1 Å². The smallest absolute Gasteiger partial charge is 0.350 e. The maximum absolute atomic E-state index is 13.0. The van der Waals surface area contributed by atoms with Gasteiger partial charge in [-0.3, -0.25) is 4.79 Å². The number of hydrogen-bond acceptors (Lipinski definition) is 5. The molecule has 148 valence electrons. The second kappa shape index (κ2) is 8.45. The summed E-state index contributed by atoms with van der Waals surface area (Å²) in [5.74, 6) is 0.122. The van der Waals surface area contributed by atoms with Crippen LogP contribution in [0.1, 0.15) is 41.8 Å². The van der Waals surface area contributed by atoms with Crippen LogP contribution in [0.5, 0.6) is 0 Å². The van der Waals surface area contributed by atoms with E-state index >= 15 is 0 Å². The van der Waals surface area contributed by atoms with E-state index in [0.717, 1.165) is 29.8 Å². The summed E-state index contributed by atoms with van der Waals surface area (Å²) in [5.41, 5.74) is 1.75. The Morgan fingerprint density at radius 3 is 2.64 bits per heavy atom. The number of piperazine rings is 1. The fraction of sp³-hybridized carbons (Fsp3) is 0.455. The van der Waals surface area contributed by atoms with Crippen LogP contribution in [-0.4, -0.2) is 38.1 Å². The minimum absolute atomic E-state index is 0.0318. The summed E-state index contributed by atoms with van der Waals surface area (Å²) in [6.45, 7) is 1.08. The molecule has 1 amide bonds. The van der Waals surface area contributed by atoms with Gasteiger partial charge in [0.25, 0.3) is 0 Å². The van der Waals surface area contributed by atoms with Crippen LogP contribution in [0.15, 0.2) is 36.4 Å². The highest BCUT2D eigenvalue weighted by molar-refractivity contribution is 7.18. The average Bonchev–Trinajstić information content (AvgIpc) is 3.19. The van der Waals surface area contributed by atoms with Crippen molar-refractivity contribution < 1.29 is 14.3 Å². The number of carbonyl (C=O) groups is 2. The Morgan fingerprint density at radius 2 is 1.93 bits per heavy atom. The van der Waals surface area contributed by atoms with E-state index in [1.807, 2.05) is 41.3 Å². The zero-order chi connectivity index (χ0) is 19.5. The van der Waals surface area contributed by atoms with Crippen molar-refractivity contribution in [3.8, 4) is 10.4 Å². The highest BCUT2D eigenvalue weighted by Gasteiger charge is 2.38. The fourth-order valence-electron chi connectivity index (χ4n) is 4.44. The number of nitrogens with one attached hydrogen (secondary N) is 1. The van der Waals surface area contributed by atoms with Gasteiger partial charge in [0.2, 0.25) is 5.91 Å². The van der Waals surface area contributed by atoms with E-state index in [1.54, 1.807) is 0 Å². The highest BCUT2D eigenvalue weighted by atomic mass is 32.1. The Bertz CT molecular complexity index is 843. The van der Waals surface area contributed by atoms with Gasteiger partial charge < -0.3 is 15.0 Å². The first-order chi connectivity index (χ1) is 13.7. The molecular weight excluding hydrogens is 372 g/mol. The maximum Gasteiger partial charge on any atom is 0.350 e. The Morgan fingerprint density at radius 1 is 1.18 bits per heavy atom. The number of hydrogen-bond donors (Lipinski definition) is 1. The van der Waals surface area contributed by atoms with Crippen molar-refractivity contribution in [3.63, 3.8) is 0 Å². The van der Waals surface area contributed by atoms with Gasteiger partial charge in [0.1, 0.15) is 4.88 Å². The third-order valence-electron chi connectivity index (χ3n) is 5.83. The summed E-state index contributed by atoms with van der Waals surface area (Å²) in [6.07, 6.45) is 5.98. The molecule has 0 radical (unpaired) electrons. The molecule has 1 aromatic carbocycles. The number of carbonyl (C=O) groups excluding carboxylic acids is 2. The van der Waals surface area contributed by atoms with Crippen molar-refractivity contribution in [1.29, 1.82) is 0 Å². The predicted molar refractivity (Wildman–Crippen MR) is 112 cm³/mol. The largest absolute Gasteiger partial charge is 0.465 e. The molecule has 1 atom stereocenters. The molecule has 1 saturated heterocycles. The third-order valence-corrected chi connectivity index (χ3v) is 6.98. The molecule has 1 aliphatic heterocycles. The Kier molecular flexibility index (Phi) is 5.78. The van der Waals surface area contributed by atoms with Crippen molar-refractivity contribution in [1.82, 2.24) is 5.32 Å². The molecule has 0 spiro atoms. The summed E-state index contributed by atoms with van der Waals surface area (Å²) in [4.78, 5) is 28.9. The Hall–Kier alpha value is -2.18. The van der Waals surface area contributed by atoms with Gasteiger partial charge in [-0.1, -0.05) is 49.6 Å². The second-order valence-corrected chi connectivity index (χ2v) is 8.59. The summed E-state index contributed by atoms with van der Waals surface area (Å²) in [7, 11) is 1.40. The number of esters is 1. The molecule has 0 unspecified atom stereocenters. The lowest BCUT2D eigenvalue weighted by molar-refractivity contribution is -0.119. The monoisotopic (exact) mass is 398 g/mol. The standard InChI is InChI=1S/C22H26N2O3S/c1-27-22(26)21-17(12-19(28-21)16-10-6-3-7-11-16)24-18(13-23-14-20(24)25)15-8-4-2-5-9-15/h3,6-7,10-12,15,18,23H,2,4-5,8-9,13-14H2,1H3/t18-/m0/s1. The molecule has 5 nitrogen and oxygen atoms in total. The quantitative estimate of drug-likeness (QED) is 0.788. The molecular formula is C22H26N2O3S. The lowest BCUT2D eigenvalue weighted by atomic mass is 9.82. The number of rotatable bonds is 4. The number of ether oxygens (including phenoxy) is 1. The van der Waals surface area contributed by atoms with Gasteiger partial charge in [-0.15, -0.1) is 11.3 Å². The van der Waals surface area contributed by atoms with Crippen LogP contribution in [0.3, 0.4) is 0 Å². The molecule has 1 aromatic heterocycles. The lowest BCUT2D eigenvalue weighted by Gasteiger charge is -2.41. The van der Waals surface area contributed by atoms with E-state index in [4.69, 9.17) is 4.74 Å². The molecule has 2 aliphatic rings. The molecule has 6 heteroatoms. The molecule has 28 heavy (non-hydrogen) atoms. The van der Waals surface area contributed by atoms with Gasteiger partial charge in [-0.25, -0.2) is 4.79 Å². The summed E-state index contributed by atoms with van der Waals surface area (Å²) in [6, 6.07) is 12.1. The highest BCUT2D eigenvalue weighted by Crippen LogP contribution is 2.40. The van der Waals surface area contributed by atoms with Crippen LogP contribution in [0.4, 0.5) is 5.69 Å². The van der Waals surface area contributed by atoms with Gasteiger partial charge in [0, 0.05) is 11.4 Å². The molecule has 2 aromatic rings. The third kappa shape index (κ3) is 3.71. The minimum Gasteiger partial charge on any atom is -0.465 e. The molecule has 2 heterocycles. The van der Waals surface area contributed by atoms with Crippen molar-refractivity contribution in [2.24, 2.45) is 5.92 Å². The first-order valence-electron chi connectivity index (χ1n) is 9.99. The van der Waals surface area contributed by atoms with Crippen LogP contribution in [0, 0.1) is 5.92 Å². The number of amides is 1. The average molecular weight is 399 g/mol. The molecule has 4 rings (SSSR count). The normalized spacial score (nSPS) is 21.0. The zero-order valence-electron chi connectivity index (χ0n) is 16.1. The molecule has 1 saturated carbocycles. The fourth-order valence-corrected chi connectivity index (χ4v) is 5.51. The van der Waals surface area contributed by atoms with Gasteiger partial charge >= 0.3 is 5.97 Å². The number of thiophene rings is 1. The Labute approximate surface area is 169 Å². The molecule has 1 N–H and O–H groups in total. The predicted octanol–water partition coefficient (Wildman–Crippen LogP) is 4.09. The van der Waals surface area contributed by atoms with Gasteiger partial charge in [-0.05, 0) is 30.4 Å². The zero-order valence-corrected chi connectivity index (χ0v) is 17.0. The van der Waals surface area contributed by atoms with Crippen LogP contribution < -0.4 is 10.2 Å². The van der Waals surface area contributed by atoms with Crippen LogP contribution in [-0.2, 0) is 9.53 Å². The topological polar surface area (TPSA) is 58.6 Å². The van der Waals surface area contributed by atoms with E-state index < -0.39 is 0 Å². The van der Waals surface area contributed by atoms with Crippen LogP contribution in [0.2, 0.25) is 0 Å². The van der Waals surface area contributed by atoms with Gasteiger partial charge in [0.05, 0.1) is 25.4 Å². The van der Waals surface area contributed by atoms with E-state index in [0.29, 0.717) is 23.0 Å². The number of benzene rings is 1. The van der Waals surface area contributed by atoms with Crippen molar-refractivity contribution in [3.05, 3.63) is 41.3 Å². The van der Waals surface area contributed by atoms with E-state index in [-0.39, 0.29) is 17.9 Å². The van der Waals surface area contributed by atoms with Crippen LogP contribution in [0.25, 0.3) is 10.4 Å². The van der Waals surface area contributed by atoms with E-state index in [1.165, 1.54) is 37.7 Å². The number of nitrogens with zero attached hydrogens (tertiary/aromatic N) is 1. The van der Waals surface area contributed by atoms with E-state index in [2.05, 4.69) is 5.32 Å². The van der Waals surface area contributed by atoms with Crippen molar-refractivity contribution >= 4 is 28.9 Å². The second-order valence-electron chi connectivity index (χ2n) is 7.54. The number of anilines is 1. The summed E-state index contributed by atoms with van der Waals surface area (Å²) < 4.78 is 5.05. The number of methoxy groups -OCH3 is 1. The Balaban J connectivity index is 1.76. The first kappa shape index (κ1) is 19.2. The minimum atomic E-state index is -0.379. The summed E-state index contributed by atoms with van der Waals surface area (Å²) in [5, 5.41) is 3.28. The molecule has 2 fully saturated rings. The molecule has 1 aliphatic carbocycles. The SMILES string of the molecule is COC(=O)c1sc(-c2ccccc2)cc1N1C(=O)CNC[C@H]1C1CCCCC1. The van der Waals surface area contributed by atoms with Gasteiger partial charge in [0.15, 0.2) is 0 Å². The van der Waals surface area contributed by atoms with E-state index in [9.17, 15) is 9.59 Å². The molecule has 0 bridgehead atoms. The van der Waals surface area contributed by atoms with Gasteiger partial charge in [-0.2, -0.15) is 0 Å². The maximum atomic E-state index is 13.0. The summed E-state index contributed by atoms with van der Waals surface area (Å²) >= 11 is 1.40.